The number of nitrogens with zero attached hydrogens (tertiary/aromatic N) is 1. The van der Waals surface area contributed by atoms with Gasteiger partial charge in [0.15, 0.2) is 11.5 Å². The van der Waals surface area contributed by atoms with E-state index < -0.39 is 0 Å². The highest BCUT2D eigenvalue weighted by molar-refractivity contribution is 5.73. The van der Waals surface area contributed by atoms with Crippen LogP contribution in [0.1, 0.15) is 12.0 Å². The second kappa shape index (κ2) is 7.73. The first-order chi connectivity index (χ1) is 10.1. The van der Waals surface area contributed by atoms with Crippen molar-refractivity contribution in [2.75, 3.05) is 40.5 Å². The van der Waals surface area contributed by atoms with E-state index in [1.165, 1.54) is 0 Å². The van der Waals surface area contributed by atoms with Crippen LogP contribution in [0.2, 0.25) is 0 Å². The quantitative estimate of drug-likeness (QED) is 0.742. The Hall–Kier alpha value is -1.95. The molecule has 1 aliphatic heterocycles. The molecule has 0 unspecified atom stereocenters. The van der Waals surface area contributed by atoms with E-state index >= 15 is 0 Å². The second-order valence-electron chi connectivity index (χ2n) is 5.28. The number of amides is 2. The van der Waals surface area contributed by atoms with Gasteiger partial charge in [-0.05, 0) is 51.2 Å². The molecule has 6 heteroatoms. The van der Waals surface area contributed by atoms with Crippen LogP contribution in [0.25, 0.3) is 0 Å². The van der Waals surface area contributed by atoms with Crippen LogP contribution in [-0.4, -0.2) is 51.5 Å². The zero-order valence-electron chi connectivity index (χ0n) is 12.6. The Kier molecular flexibility index (Phi) is 5.68. The fourth-order valence-electron chi connectivity index (χ4n) is 2.08. The van der Waals surface area contributed by atoms with Crippen molar-refractivity contribution in [1.82, 2.24) is 15.5 Å². The van der Waals surface area contributed by atoms with E-state index in [4.69, 9.17) is 9.47 Å². The predicted octanol–water partition coefficient (Wildman–Crippen LogP) is 1.21. The number of nitrogens with one attached hydrogen (secondary N) is 2. The summed E-state index contributed by atoms with van der Waals surface area (Å²) in [6, 6.07) is 5.73. The Balaban J connectivity index is 1.61. The van der Waals surface area contributed by atoms with Gasteiger partial charge in [-0.3, -0.25) is 0 Å². The van der Waals surface area contributed by atoms with Gasteiger partial charge in [-0.25, -0.2) is 4.79 Å². The highest BCUT2D eigenvalue weighted by Crippen LogP contribution is 2.32. The molecule has 1 heterocycles. The fraction of sp³-hybridized carbons (Fsp3) is 0.533. The molecule has 1 aliphatic rings. The summed E-state index contributed by atoms with van der Waals surface area (Å²) >= 11 is 0. The van der Waals surface area contributed by atoms with Crippen LogP contribution in [0.3, 0.4) is 0 Å². The zero-order valence-corrected chi connectivity index (χ0v) is 12.6. The SMILES string of the molecule is CN(C)CCCNC(=O)NCCc1ccc2c(c1)OCO2. The summed E-state index contributed by atoms with van der Waals surface area (Å²) in [4.78, 5) is 13.7. The number of hydrogen-bond donors (Lipinski definition) is 2. The monoisotopic (exact) mass is 293 g/mol. The lowest BCUT2D eigenvalue weighted by molar-refractivity contribution is 0.174. The van der Waals surface area contributed by atoms with Gasteiger partial charge in [-0.15, -0.1) is 0 Å². The Morgan fingerprint density at radius 3 is 2.76 bits per heavy atom. The van der Waals surface area contributed by atoms with Crippen molar-refractivity contribution < 1.29 is 14.3 Å². The molecule has 0 fully saturated rings. The standard InChI is InChI=1S/C15H23N3O3/c1-18(2)9-3-7-16-15(19)17-8-6-12-4-5-13-14(10-12)21-11-20-13/h4-5,10H,3,6-9,11H2,1-2H3,(H2,16,17,19). The molecule has 6 nitrogen and oxygen atoms in total. The molecular formula is C15H23N3O3. The molecule has 0 bridgehead atoms. The molecule has 0 aliphatic carbocycles. The van der Waals surface area contributed by atoms with Crippen LogP contribution >= 0.6 is 0 Å². The van der Waals surface area contributed by atoms with E-state index in [0.29, 0.717) is 13.1 Å². The summed E-state index contributed by atoms with van der Waals surface area (Å²) in [5.41, 5.74) is 1.12. The van der Waals surface area contributed by atoms with Gasteiger partial charge in [0.05, 0.1) is 0 Å². The molecule has 2 N–H and O–H groups in total. The molecular weight excluding hydrogens is 270 g/mol. The van der Waals surface area contributed by atoms with Crippen LogP contribution < -0.4 is 20.1 Å². The van der Waals surface area contributed by atoms with Crippen molar-refractivity contribution in [1.29, 1.82) is 0 Å². The van der Waals surface area contributed by atoms with Gasteiger partial charge in [0.1, 0.15) is 0 Å². The molecule has 1 aromatic rings. The normalized spacial score (nSPS) is 12.5. The van der Waals surface area contributed by atoms with Gasteiger partial charge >= 0.3 is 6.03 Å². The van der Waals surface area contributed by atoms with Crippen LogP contribution in [-0.2, 0) is 6.42 Å². The molecule has 0 radical (unpaired) electrons. The first kappa shape index (κ1) is 15.4. The van der Waals surface area contributed by atoms with Gasteiger partial charge in [0, 0.05) is 13.1 Å². The number of rotatable bonds is 7. The third kappa shape index (κ3) is 5.15. The molecule has 0 atom stereocenters. The van der Waals surface area contributed by atoms with E-state index in [0.717, 1.165) is 36.4 Å². The summed E-state index contributed by atoms with van der Waals surface area (Å²) in [6.45, 7) is 2.54. The number of benzene rings is 1. The van der Waals surface area contributed by atoms with Crippen LogP contribution in [0.15, 0.2) is 18.2 Å². The number of fused-ring (bicyclic) bond motifs is 1. The van der Waals surface area contributed by atoms with Crippen molar-refractivity contribution in [3.8, 4) is 11.5 Å². The van der Waals surface area contributed by atoms with Gasteiger partial charge < -0.3 is 25.0 Å². The van der Waals surface area contributed by atoms with Gasteiger partial charge in [0.25, 0.3) is 0 Å². The largest absolute Gasteiger partial charge is 0.454 e. The highest BCUT2D eigenvalue weighted by atomic mass is 16.7. The Morgan fingerprint density at radius 2 is 1.95 bits per heavy atom. The maximum Gasteiger partial charge on any atom is 0.314 e. The Morgan fingerprint density at radius 1 is 1.19 bits per heavy atom. The Bertz CT molecular complexity index is 477. The van der Waals surface area contributed by atoms with Crippen LogP contribution in [0, 0.1) is 0 Å². The number of ether oxygens (including phenoxy) is 2. The molecule has 1 aromatic carbocycles. The van der Waals surface area contributed by atoms with E-state index in [1.54, 1.807) is 0 Å². The smallest absolute Gasteiger partial charge is 0.314 e. The van der Waals surface area contributed by atoms with Crippen molar-refractivity contribution in [2.45, 2.75) is 12.8 Å². The molecule has 0 saturated carbocycles. The van der Waals surface area contributed by atoms with Crippen LogP contribution in [0.5, 0.6) is 11.5 Å². The topological polar surface area (TPSA) is 62.8 Å². The summed E-state index contributed by atoms with van der Waals surface area (Å²) in [5.74, 6) is 1.56. The second-order valence-corrected chi connectivity index (χ2v) is 5.28. The zero-order chi connectivity index (χ0) is 15.1. The minimum absolute atomic E-state index is 0.116. The predicted molar refractivity (Wildman–Crippen MR) is 80.8 cm³/mol. The molecule has 116 valence electrons. The third-order valence-corrected chi connectivity index (χ3v) is 3.20. The van der Waals surface area contributed by atoms with E-state index in [9.17, 15) is 4.79 Å². The molecule has 21 heavy (non-hydrogen) atoms. The lowest BCUT2D eigenvalue weighted by atomic mass is 10.1. The minimum atomic E-state index is -0.116. The Labute approximate surface area is 125 Å². The summed E-state index contributed by atoms with van der Waals surface area (Å²) in [6.07, 6.45) is 1.71. The lowest BCUT2D eigenvalue weighted by Gasteiger charge is -2.10. The lowest BCUT2D eigenvalue weighted by Crippen LogP contribution is -2.37. The fourth-order valence-corrected chi connectivity index (χ4v) is 2.08. The number of urea groups is 1. The summed E-state index contributed by atoms with van der Waals surface area (Å²) < 4.78 is 10.6. The number of carbonyl (C=O) groups excluding carboxylic acids is 1. The summed E-state index contributed by atoms with van der Waals surface area (Å²) in [7, 11) is 4.04. The van der Waals surface area contributed by atoms with Gasteiger partial charge in [0.2, 0.25) is 6.79 Å². The number of hydrogen-bond acceptors (Lipinski definition) is 4. The van der Waals surface area contributed by atoms with Crippen molar-refractivity contribution >= 4 is 6.03 Å². The van der Waals surface area contributed by atoms with E-state index in [-0.39, 0.29) is 12.8 Å². The molecule has 2 amide bonds. The summed E-state index contributed by atoms with van der Waals surface area (Å²) in [5, 5.41) is 5.70. The molecule has 0 saturated heterocycles. The van der Waals surface area contributed by atoms with Crippen molar-refractivity contribution in [3.63, 3.8) is 0 Å². The van der Waals surface area contributed by atoms with Crippen molar-refractivity contribution in [3.05, 3.63) is 23.8 Å². The first-order valence-corrected chi connectivity index (χ1v) is 7.20. The number of carbonyl (C=O) groups is 1. The first-order valence-electron chi connectivity index (χ1n) is 7.20. The molecule has 0 aromatic heterocycles. The van der Waals surface area contributed by atoms with Crippen molar-refractivity contribution in [2.24, 2.45) is 0 Å². The van der Waals surface area contributed by atoms with Crippen LogP contribution in [0.4, 0.5) is 4.79 Å². The van der Waals surface area contributed by atoms with Gasteiger partial charge in [-0.1, -0.05) is 6.07 Å². The average Bonchev–Trinajstić information content (AvgIpc) is 2.91. The maximum atomic E-state index is 11.6. The third-order valence-electron chi connectivity index (χ3n) is 3.20. The van der Waals surface area contributed by atoms with Gasteiger partial charge in [-0.2, -0.15) is 0 Å². The minimum Gasteiger partial charge on any atom is -0.454 e. The van der Waals surface area contributed by atoms with E-state index in [2.05, 4.69) is 15.5 Å². The molecule has 0 spiro atoms. The highest BCUT2D eigenvalue weighted by Gasteiger charge is 2.12. The molecule has 2 rings (SSSR count). The average molecular weight is 293 g/mol. The van der Waals surface area contributed by atoms with E-state index in [1.807, 2.05) is 32.3 Å². The maximum absolute atomic E-state index is 11.6.